The highest BCUT2D eigenvalue weighted by molar-refractivity contribution is 5.60. The van der Waals surface area contributed by atoms with Crippen molar-refractivity contribution < 1.29 is 36.0 Å². The quantitative estimate of drug-likeness (QED) is 0.403. The molecule has 1 aromatic carbocycles. The van der Waals surface area contributed by atoms with Gasteiger partial charge in [0.2, 0.25) is 0 Å². The standard InChI is InChI=1S/C9H6F6N2O3/c10-8(11,12)7(9(13,14)15)20-4-1-2-6(17(18)19)5(16)3-4/h1-3,7H,16H2. The molecule has 0 atom stereocenters. The molecule has 5 nitrogen and oxygen atoms in total. The minimum atomic E-state index is -5.69. The van der Waals surface area contributed by atoms with Crippen LogP contribution >= 0.6 is 0 Å². The summed E-state index contributed by atoms with van der Waals surface area (Å²) in [6.07, 6.45) is -15.4. The summed E-state index contributed by atoms with van der Waals surface area (Å²) in [5.74, 6) is -0.882. The molecule has 1 rings (SSSR count). The first-order chi connectivity index (χ1) is 8.93. The van der Waals surface area contributed by atoms with Gasteiger partial charge >= 0.3 is 12.4 Å². The van der Waals surface area contributed by atoms with E-state index in [2.05, 4.69) is 4.74 Å². The van der Waals surface area contributed by atoms with E-state index in [-0.39, 0.29) is 0 Å². The highest BCUT2D eigenvalue weighted by Gasteiger charge is 2.59. The Labute approximate surface area is 107 Å². The van der Waals surface area contributed by atoms with Gasteiger partial charge in [-0.25, -0.2) is 0 Å². The number of nitro groups is 1. The van der Waals surface area contributed by atoms with Gasteiger partial charge in [0.15, 0.2) is 0 Å². The van der Waals surface area contributed by atoms with Crippen LogP contribution < -0.4 is 10.5 Å². The van der Waals surface area contributed by atoms with Crippen molar-refractivity contribution in [3.8, 4) is 5.75 Å². The van der Waals surface area contributed by atoms with Crippen molar-refractivity contribution in [2.24, 2.45) is 0 Å². The molecular formula is C9H6F6N2O3. The van der Waals surface area contributed by atoms with Crippen LogP contribution in [0.5, 0.6) is 5.75 Å². The molecule has 0 unspecified atom stereocenters. The number of rotatable bonds is 3. The lowest BCUT2D eigenvalue weighted by Crippen LogP contribution is -2.46. The van der Waals surface area contributed by atoms with E-state index < -0.39 is 40.5 Å². The Bertz CT molecular complexity index is 499. The van der Waals surface area contributed by atoms with E-state index >= 15 is 0 Å². The topological polar surface area (TPSA) is 78.4 Å². The van der Waals surface area contributed by atoms with E-state index in [1.165, 1.54) is 0 Å². The lowest BCUT2D eigenvalue weighted by atomic mass is 10.2. The third kappa shape index (κ3) is 3.65. The van der Waals surface area contributed by atoms with E-state index in [9.17, 15) is 36.5 Å². The van der Waals surface area contributed by atoms with Gasteiger partial charge in [-0.1, -0.05) is 0 Å². The van der Waals surface area contributed by atoms with Gasteiger partial charge in [0.1, 0.15) is 11.4 Å². The van der Waals surface area contributed by atoms with Gasteiger partial charge in [0.25, 0.3) is 11.8 Å². The van der Waals surface area contributed by atoms with Gasteiger partial charge in [-0.05, 0) is 6.07 Å². The molecule has 0 bridgehead atoms. The number of nitrogen functional groups attached to an aromatic ring is 1. The molecule has 112 valence electrons. The molecule has 0 saturated heterocycles. The van der Waals surface area contributed by atoms with Crippen LogP contribution in [0.1, 0.15) is 0 Å². The Kier molecular flexibility index (Phi) is 4.01. The maximum atomic E-state index is 12.2. The lowest BCUT2D eigenvalue weighted by molar-refractivity contribution is -0.383. The third-order valence-corrected chi connectivity index (χ3v) is 2.04. The van der Waals surface area contributed by atoms with Gasteiger partial charge < -0.3 is 10.5 Å². The van der Waals surface area contributed by atoms with Crippen molar-refractivity contribution in [1.29, 1.82) is 0 Å². The van der Waals surface area contributed by atoms with Crippen molar-refractivity contribution >= 4 is 11.4 Å². The number of nitrogens with zero attached hydrogens (tertiary/aromatic N) is 1. The maximum Gasteiger partial charge on any atom is 0.434 e. The van der Waals surface area contributed by atoms with Crippen molar-refractivity contribution in [2.45, 2.75) is 18.5 Å². The molecule has 0 aromatic heterocycles. The summed E-state index contributed by atoms with van der Waals surface area (Å²) in [4.78, 5) is 9.46. The predicted molar refractivity (Wildman–Crippen MR) is 54.0 cm³/mol. The summed E-state index contributed by atoms with van der Waals surface area (Å²) in [5, 5.41) is 10.4. The van der Waals surface area contributed by atoms with Gasteiger partial charge in [-0.3, -0.25) is 10.1 Å². The van der Waals surface area contributed by atoms with E-state index in [1.54, 1.807) is 0 Å². The van der Waals surface area contributed by atoms with E-state index in [4.69, 9.17) is 5.73 Å². The first kappa shape index (κ1) is 15.9. The van der Waals surface area contributed by atoms with Crippen LogP contribution in [0.3, 0.4) is 0 Å². The lowest BCUT2D eigenvalue weighted by Gasteiger charge is -2.23. The Morgan fingerprint density at radius 1 is 1.15 bits per heavy atom. The minimum absolute atomic E-state index is 0.516. The van der Waals surface area contributed by atoms with Crippen molar-refractivity contribution in [3.63, 3.8) is 0 Å². The van der Waals surface area contributed by atoms with Crippen LogP contribution in [0, 0.1) is 10.1 Å². The van der Waals surface area contributed by atoms with Gasteiger partial charge in [0, 0.05) is 12.1 Å². The Balaban J connectivity index is 3.08. The Morgan fingerprint density at radius 3 is 2.00 bits per heavy atom. The fourth-order valence-electron chi connectivity index (χ4n) is 1.23. The Hall–Kier alpha value is -2.20. The summed E-state index contributed by atoms with van der Waals surface area (Å²) >= 11 is 0. The molecule has 11 heteroatoms. The highest BCUT2D eigenvalue weighted by atomic mass is 19.4. The summed E-state index contributed by atoms with van der Waals surface area (Å²) in [6.45, 7) is 0. The molecule has 0 amide bonds. The van der Waals surface area contributed by atoms with Crippen LogP contribution in [0.15, 0.2) is 18.2 Å². The van der Waals surface area contributed by atoms with Crippen LogP contribution in [-0.2, 0) is 0 Å². The molecule has 0 fully saturated rings. The molecule has 0 aliphatic heterocycles. The second-order valence-electron chi connectivity index (χ2n) is 3.56. The number of nitro benzene ring substituents is 1. The van der Waals surface area contributed by atoms with Crippen LogP contribution in [-0.4, -0.2) is 23.4 Å². The SMILES string of the molecule is Nc1cc(OC(C(F)(F)F)C(F)(F)F)ccc1[N+](=O)[O-]. The zero-order valence-corrected chi connectivity index (χ0v) is 9.33. The molecular weight excluding hydrogens is 298 g/mol. The highest BCUT2D eigenvalue weighted by Crippen LogP contribution is 2.37. The fourth-order valence-corrected chi connectivity index (χ4v) is 1.23. The summed E-state index contributed by atoms with van der Waals surface area (Å²) < 4.78 is 77.2. The van der Waals surface area contributed by atoms with E-state index in [0.717, 1.165) is 0 Å². The summed E-state index contributed by atoms with van der Waals surface area (Å²) in [7, 11) is 0. The van der Waals surface area contributed by atoms with E-state index in [0.29, 0.717) is 18.2 Å². The number of halogens is 6. The normalized spacial score (nSPS) is 12.6. The number of alkyl halides is 6. The molecule has 0 spiro atoms. The second kappa shape index (κ2) is 5.06. The summed E-state index contributed by atoms with van der Waals surface area (Å²) in [6, 6.07) is 1.76. The largest absolute Gasteiger partial charge is 0.471 e. The number of anilines is 1. The average Bonchev–Trinajstić information content (AvgIpc) is 2.22. The van der Waals surface area contributed by atoms with Gasteiger partial charge in [-0.15, -0.1) is 0 Å². The van der Waals surface area contributed by atoms with Gasteiger partial charge in [-0.2, -0.15) is 26.3 Å². The molecule has 2 N–H and O–H groups in total. The number of hydrogen-bond donors (Lipinski definition) is 1. The molecule has 0 radical (unpaired) electrons. The summed E-state index contributed by atoms with van der Waals surface area (Å²) in [5.41, 5.74) is 3.86. The number of benzene rings is 1. The molecule has 0 aliphatic rings. The number of nitrogens with two attached hydrogens (primary N) is 1. The van der Waals surface area contributed by atoms with Crippen molar-refractivity contribution in [2.75, 3.05) is 5.73 Å². The third-order valence-electron chi connectivity index (χ3n) is 2.04. The van der Waals surface area contributed by atoms with Crippen molar-refractivity contribution in [3.05, 3.63) is 28.3 Å². The predicted octanol–water partition coefficient (Wildman–Crippen LogP) is 3.05. The zero-order valence-electron chi connectivity index (χ0n) is 9.33. The molecule has 20 heavy (non-hydrogen) atoms. The second-order valence-corrected chi connectivity index (χ2v) is 3.56. The zero-order chi connectivity index (χ0) is 15.7. The minimum Gasteiger partial charge on any atom is -0.471 e. The molecule has 0 saturated carbocycles. The monoisotopic (exact) mass is 304 g/mol. The number of hydrogen-bond acceptors (Lipinski definition) is 4. The van der Waals surface area contributed by atoms with Crippen LogP contribution in [0.4, 0.5) is 37.7 Å². The smallest absolute Gasteiger partial charge is 0.434 e. The van der Waals surface area contributed by atoms with E-state index in [1.807, 2.05) is 0 Å². The van der Waals surface area contributed by atoms with Gasteiger partial charge in [0.05, 0.1) is 4.92 Å². The Morgan fingerprint density at radius 2 is 1.65 bits per heavy atom. The molecule has 1 aromatic rings. The first-order valence-electron chi connectivity index (χ1n) is 4.77. The van der Waals surface area contributed by atoms with Crippen molar-refractivity contribution in [1.82, 2.24) is 0 Å². The number of ether oxygens (including phenoxy) is 1. The first-order valence-corrected chi connectivity index (χ1v) is 4.77. The molecule has 0 aliphatic carbocycles. The average molecular weight is 304 g/mol. The fraction of sp³-hybridized carbons (Fsp3) is 0.333. The molecule has 0 heterocycles. The van der Waals surface area contributed by atoms with Crippen LogP contribution in [0.25, 0.3) is 0 Å². The maximum absolute atomic E-state index is 12.2. The van der Waals surface area contributed by atoms with Crippen LogP contribution in [0.2, 0.25) is 0 Å².